The normalized spacial score (nSPS) is 11.6. The minimum Gasteiger partial charge on any atom is -0.309 e. The molecule has 110 valence electrons. The molecule has 0 saturated carbocycles. The molecule has 0 aliphatic carbocycles. The standard InChI is InChI=1S/C16H21N5/c1-12(2)17-10-15-14-6-4-5-7-16(14)21(19-15)11-13-8-9-20(3)18-13/h4-9,12,17H,10-11H2,1-3H3. The molecule has 0 bridgehead atoms. The number of aromatic nitrogens is 4. The van der Waals surface area contributed by atoms with Crippen molar-refractivity contribution in [1.29, 1.82) is 0 Å². The van der Waals surface area contributed by atoms with Gasteiger partial charge in [-0.3, -0.25) is 9.36 Å². The van der Waals surface area contributed by atoms with E-state index in [0.717, 1.165) is 23.4 Å². The SMILES string of the molecule is CC(C)NCc1nn(Cc2ccn(C)n2)c2ccccc12. The Morgan fingerprint density at radius 1 is 1.14 bits per heavy atom. The average Bonchev–Trinajstić information content (AvgIpc) is 3.02. The molecule has 2 heterocycles. The molecule has 0 fully saturated rings. The monoisotopic (exact) mass is 283 g/mol. The molecule has 0 amide bonds. The number of benzene rings is 1. The molecular weight excluding hydrogens is 262 g/mol. The molecule has 2 aromatic heterocycles. The van der Waals surface area contributed by atoms with Crippen molar-refractivity contribution in [3.63, 3.8) is 0 Å². The number of aryl methyl sites for hydroxylation is 1. The Labute approximate surface area is 124 Å². The summed E-state index contributed by atoms with van der Waals surface area (Å²) in [6.07, 6.45) is 1.96. The lowest BCUT2D eigenvalue weighted by atomic mass is 10.2. The number of fused-ring (bicyclic) bond motifs is 1. The number of hydrogen-bond donors (Lipinski definition) is 1. The Hall–Kier alpha value is -2.14. The second-order valence-electron chi connectivity index (χ2n) is 5.64. The fourth-order valence-corrected chi connectivity index (χ4v) is 2.45. The summed E-state index contributed by atoms with van der Waals surface area (Å²) in [4.78, 5) is 0. The Bertz CT molecular complexity index is 738. The van der Waals surface area contributed by atoms with Crippen LogP contribution in [-0.2, 0) is 20.1 Å². The molecule has 5 nitrogen and oxygen atoms in total. The maximum Gasteiger partial charge on any atom is 0.0857 e. The third kappa shape index (κ3) is 2.97. The molecule has 1 aromatic carbocycles. The predicted molar refractivity (Wildman–Crippen MR) is 84.0 cm³/mol. The summed E-state index contributed by atoms with van der Waals surface area (Å²) >= 11 is 0. The molecule has 0 spiro atoms. The molecule has 0 unspecified atom stereocenters. The van der Waals surface area contributed by atoms with Gasteiger partial charge in [-0.15, -0.1) is 0 Å². The summed E-state index contributed by atoms with van der Waals surface area (Å²) in [7, 11) is 1.93. The summed E-state index contributed by atoms with van der Waals surface area (Å²) in [5.74, 6) is 0. The van der Waals surface area contributed by atoms with Crippen LogP contribution in [0.25, 0.3) is 10.9 Å². The number of hydrogen-bond acceptors (Lipinski definition) is 3. The number of para-hydroxylation sites is 1. The highest BCUT2D eigenvalue weighted by Crippen LogP contribution is 2.19. The lowest BCUT2D eigenvalue weighted by Gasteiger charge is -2.05. The van der Waals surface area contributed by atoms with Crippen molar-refractivity contribution in [2.45, 2.75) is 33.0 Å². The fourth-order valence-electron chi connectivity index (χ4n) is 2.45. The molecule has 0 atom stereocenters. The van der Waals surface area contributed by atoms with Crippen molar-refractivity contribution >= 4 is 10.9 Å². The van der Waals surface area contributed by atoms with Crippen LogP contribution >= 0.6 is 0 Å². The van der Waals surface area contributed by atoms with Crippen LogP contribution in [0.3, 0.4) is 0 Å². The van der Waals surface area contributed by atoms with E-state index in [9.17, 15) is 0 Å². The van der Waals surface area contributed by atoms with E-state index in [4.69, 9.17) is 5.10 Å². The third-order valence-corrected chi connectivity index (χ3v) is 3.49. The van der Waals surface area contributed by atoms with Crippen molar-refractivity contribution in [2.75, 3.05) is 0 Å². The van der Waals surface area contributed by atoms with Crippen LogP contribution in [-0.4, -0.2) is 25.6 Å². The van der Waals surface area contributed by atoms with E-state index in [1.807, 2.05) is 28.7 Å². The van der Waals surface area contributed by atoms with Gasteiger partial charge < -0.3 is 5.32 Å². The molecule has 5 heteroatoms. The predicted octanol–water partition coefficient (Wildman–Crippen LogP) is 2.32. The lowest BCUT2D eigenvalue weighted by Crippen LogP contribution is -2.22. The van der Waals surface area contributed by atoms with E-state index in [2.05, 4.69) is 48.5 Å². The molecular formula is C16H21N5. The Morgan fingerprint density at radius 3 is 2.67 bits per heavy atom. The van der Waals surface area contributed by atoms with Crippen molar-refractivity contribution in [3.8, 4) is 0 Å². The van der Waals surface area contributed by atoms with Crippen molar-refractivity contribution in [1.82, 2.24) is 24.9 Å². The minimum absolute atomic E-state index is 0.449. The van der Waals surface area contributed by atoms with Gasteiger partial charge in [-0.05, 0) is 12.1 Å². The van der Waals surface area contributed by atoms with Crippen LogP contribution in [0.5, 0.6) is 0 Å². The van der Waals surface area contributed by atoms with Gasteiger partial charge >= 0.3 is 0 Å². The summed E-state index contributed by atoms with van der Waals surface area (Å²) < 4.78 is 3.86. The first kappa shape index (κ1) is 13.8. The first-order valence-corrected chi connectivity index (χ1v) is 7.30. The van der Waals surface area contributed by atoms with Crippen molar-refractivity contribution in [2.24, 2.45) is 7.05 Å². The third-order valence-electron chi connectivity index (χ3n) is 3.49. The van der Waals surface area contributed by atoms with Crippen molar-refractivity contribution in [3.05, 3.63) is 47.9 Å². The highest BCUT2D eigenvalue weighted by molar-refractivity contribution is 5.82. The molecule has 3 rings (SSSR count). The van der Waals surface area contributed by atoms with Gasteiger partial charge in [-0.2, -0.15) is 10.2 Å². The van der Waals surface area contributed by atoms with Gasteiger partial charge in [0.15, 0.2) is 0 Å². The Kier molecular flexibility index (Phi) is 3.75. The van der Waals surface area contributed by atoms with Crippen LogP contribution in [0.15, 0.2) is 36.5 Å². The second kappa shape index (κ2) is 5.69. The first-order valence-electron chi connectivity index (χ1n) is 7.30. The van der Waals surface area contributed by atoms with Gasteiger partial charge in [0.25, 0.3) is 0 Å². The highest BCUT2D eigenvalue weighted by Gasteiger charge is 2.11. The van der Waals surface area contributed by atoms with Gasteiger partial charge in [0, 0.05) is 31.2 Å². The maximum absolute atomic E-state index is 4.77. The molecule has 1 N–H and O–H groups in total. The largest absolute Gasteiger partial charge is 0.309 e. The van der Waals surface area contributed by atoms with Gasteiger partial charge in [-0.1, -0.05) is 32.0 Å². The van der Waals surface area contributed by atoms with Gasteiger partial charge in [-0.25, -0.2) is 0 Å². The zero-order valence-electron chi connectivity index (χ0n) is 12.7. The second-order valence-corrected chi connectivity index (χ2v) is 5.64. The molecule has 21 heavy (non-hydrogen) atoms. The topological polar surface area (TPSA) is 47.7 Å². The zero-order valence-corrected chi connectivity index (χ0v) is 12.7. The van der Waals surface area contributed by atoms with E-state index in [0.29, 0.717) is 12.6 Å². The number of rotatable bonds is 5. The summed E-state index contributed by atoms with van der Waals surface area (Å²) in [6.45, 7) is 5.77. The van der Waals surface area contributed by atoms with Gasteiger partial charge in [0.05, 0.1) is 23.4 Å². The minimum atomic E-state index is 0.449. The first-order chi connectivity index (χ1) is 10.1. The zero-order chi connectivity index (χ0) is 14.8. The van der Waals surface area contributed by atoms with E-state index in [-0.39, 0.29) is 0 Å². The van der Waals surface area contributed by atoms with Crippen LogP contribution in [0.2, 0.25) is 0 Å². The summed E-state index contributed by atoms with van der Waals surface area (Å²) in [5.41, 5.74) is 3.27. The smallest absolute Gasteiger partial charge is 0.0857 e. The summed E-state index contributed by atoms with van der Waals surface area (Å²) in [5, 5.41) is 13.9. The molecule has 0 radical (unpaired) electrons. The average molecular weight is 283 g/mol. The van der Waals surface area contributed by atoms with E-state index < -0.39 is 0 Å². The number of nitrogens with zero attached hydrogens (tertiary/aromatic N) is 4. The molecule has 0 aliphatic heterocycles. The highest BCUT2D eigenvalue weighted by atomic mass is 15.3. The van der Waals surface area contributed by atoms with E-state index in [1.54, 1.807) is 0 Å². The molecule has 3 aromatic rings. The summed E-state index contributed by atoms with van der Waals surface area (Å²) in [6, 6.07) is 10.8. The number of nitrogens with one attached hydrogen (secondary N) is 1. The van der Waals surface area contributed by atoms with E-state index >= 15 is 0 Å². The lowest BCUT2D eigenvalue weighted by molar-refractivity contribution is 0.571. The molecule has 0 aliphatic rings. The quantitative estimate of drug-likeness (QED) is 0.781. The Balaban J connectivity index is 1.94. The van der Waals surface area contributed by atoms with Crippen LogP contribution in [0.1, 0.15) is 25.2 Å². The van der Waals surface area contributed by atoms with Crippen molar-refractivity contribution < 1.29 is 0 Å². The van der Waals surface area contributed by atoms with Crippen LogP contribution < -0.4 is 5.32 Å². The van der Waals surface area contributed by atoms with E-state index in [1.165, 1.54) is 5.39 Å². The maximum atomic E-state index is 4.77. The Morgan fingerprint density at radius 2 is 1.95 bits per heavy atom. The van der Waals surface area contributed by atoms with Crippen LogP contribution in [0.4, 0.5) is 0 Å². The van der Waals surface area contributed by atoms with Gasteiger partial charge in [0.1, 0.15) is 0 Å². The molecule has 0 saturated heterocycles. The fraction of sp³-hybridized carbons (Fsp3) is 0.375. The van der Waals surface area contributed by atoms with Gasteiger partial charge in [0.2, 0.25) is 0 Å². The van der Waals surface area contributed by atoms with Crippen LogP contribution in [0, 0.1) is 0 Å².